The summed E-state index contributed by atoms with van der Waals surface area (Å²) in [5.41, 5.74) is 0. The molecule has 0 spiro atoms. The van der Waals surface area contributed by atoms with Crippen LogP contribution in [0.5, 0.6) is 0 Å². The van der Waals surface area contributed by atoms with E-state index in [2.05, 4.69) is 14.2 Å². The highest BCUT2D eigenvalue weighted by molar-refractivity contribution is 7.89. The van der Waals surface area contributed by atoms with Gasteiger partial charge in [0.25, 0.3) is 5.91 Å². The van der Waals surface area contributed by atoms with Gasteiger partial charge in [-0.25, -0.2) is 13.2 Å². The number of esters is 1. The fraction of sp³-hybridized carbons (Fsp3) is 0.357. The topological polar surface area (TPSA) is 128 Å². The number of halogens is 1. The molecule has 0 unspecified atom stereocenters. The number of sulfonamides is 1. The molecule has 0 saturated carbocycles. The lowest BCUT2D eigenvalue weighted by molar-refractivity contribution is -0.149. The maximum atomic E-state index is 12.1. The highest BCUT2D eigenvalue weighted by atomic mass is 35.5. The van der Waals surface area contributed by atoms with Gasteiger partial charge in [-0.15, -0.1) is 0 Å². The molecule has 138 valence electrons. The van der Waals surface area contributed by atoms with E-state index in [1.807, 2.05) is 5.32 Å². The van der Waals surface area contributed by atoms with Gasteiger partial charge in [-0.05, 0) is 38.1 Å². The summed E-state index contributed by atoms with van der Waals surface area (Å²) in [6.07, 6.45) is -0.972. The van der Waals surface area contributed by atoms with Gasteiger partial charge in [-0.2, -0.15) is 4.72 Å². The van der Waals surface area contributed by atoms with E-state index in [0.717, 1.165) is 0 Å². The molecule has 0 heterocycles. The lowest BCUT2D eigenvalue weighted by atomic mass is 10.4. The molecule has 0 aliphatic rings. The Morgan fingerprint density at radius 3 is 2.32 bits per heavy atom. The van der Waals surface area contributed by atoms with E-state index in [-0.39, 0.29) is 11.5 Å². The average Bonchev–Trinajstić information content (AvgIpc) is 2.52. The number of rotatable bonds is 7. The van der Waals surface area contributed by atoms with Crippen molar-refractivity contribution in [2.24, 2.45) is 0 Å². The van der Waals surface area contributed by atoms with E-state index >= 15 is 0 Å². The van der Waals surface area contributed by atoms with Crippen LogP contribution in [0.25, 0.3) is 0 Å². The standard InChI is InChI=1S/C14H17ClN2O7S/c1-3-23-14(20)16-12(18)8-24-13(19)9(2)17-25(21,22)11-6-4-10(15)5-7-11/h4-7,9,17H,3,8H2,1-2H3,(H,16,18,20)/t9-/m0/s1. The number of imide groups is 1. The van der Waals surface area contributed by atoms with Gasteiger partial charge in [-0.1, -0.05) is 11.6 Å². The van der Waals surface area contributed by atoms with Crippen molar-refractivity contribution in [2.45, 2.75) is 24.8 Å². The number of nitrogens with one attached hydrogen (secondary N) is 2. The largest absolute Gasteiger partial charge is 0.454 e. The molecule has 1 rings (SSSR count). The number of hydrogen-bond donors (Lipinski definition) is 2. The molecule has 2 amide bonds. The van der Waals surface area contributed by atoms with Crippen LogP contribution in [0.3, 0.4) is 0 Å². The third-order valence-corrected chi connectivity index (χ3v) is 4.48. The molecule has 25 heavy (non-hydrogen) atoms. The first kappa shape index (κ1) is 20.9. The first-order valence-corrected chi connectivity index (χ1v) is 8.93. The molecular formula is C14H17ClN2O7S. The second-order valence-electron chi connectivity index (χ2n) is 4.67. The number of carbonyl (C=O) groups excluding carboxylic acids is 3. The van der Waals surface area contributed by atoms with Gasteiger partial charge in [-0.3, -0.25) is 14.9 Å². The van der Waals surface area contributed by atoms with Crippen molar-refractivity contribution in [3.8, 4) is 0 Å². The molecule has 1 aromatic carbocycles. The Bertz CT molecular complexity index is 734. The Morgan fingerprint density at radius 1 is 1.16 bits per heavy atom. The molecule has 2 N–H and O–H groups in total. The van der Waals surface area contributed by atoms with Crippen molar-refractivity contribution in [3.63, 3.8) is 0 Å². The monoisotopic (exact) mass is 392 g/mol. The van der Waals surface area contributed by atoms with Crippen LogP contribution >= 0.6 is 11.6 Å². The van der Waals surface area contributed by atoms with Crippen molar-refractivity contribution in [1.29, 1.82) is 0 Å². The van der Waals surface area contributed by atoms with Gasteiger partial charge in [0, 0.05) is 5.02 Å². The van der Waals surface area contributed by atoms with Gasteiger partial charge in [0.2, 0.25) is 10.0 Å². The third kappa shape index (κ3) is 7.08. The summed E-state index contributed by atoms with van der Waals surface area (Å²) in [5.74, 6) is -1.89. The normalized spacial score (nSPS) is 12.1. The maximum Gasteiger partial charge on any atom is 0.413 e. The first-order chi connectivity index (χ1) is 11.7. The van der Waals surface area contributed by atoms with Gasteiger partial charge >= 0.3 is 12.1 Å². The highest BCUT2D eigenvalue weighted by Gasteiger charge is 2.24. The molecule has 11 heteroatoms. The highest BCUT2D eigenvalue weighted by Crippen LogP contribution is 2.14. The van der Waals surface area contributed by atoms with Crippen LogP contribution in [0, 0.1) is 0 Å². The zero-order valence-electron chi connectivity index (χ0n) is 13.4. The van der Waals surface area contributed by atoms with Crippen molar-refractivity contribution >= 4 is 39.6 Å². The second kappa shape index (κ2) is 9.35. The minimum atomic E-state index is -3.97. The lowest BCUT2D eigenvalue weighted by Gasteiger charge is -2.13. The van der Waals surface area contributed by atoms with E-state index in [0.29, 0.717) is 5.02 Å². The predicted molar refractivity (Wildman–Crippen MR) is 87.4 cm³/mol. The minimum Gasteiger partial charge on any atom is -0.454 e. The molecule has 0 aliphatic carbocycles. The van der Waals surface area contributed by atoms with E-state index in [1.54, 1.807) is 6.92 Å². The molecule has 1 atom stereocenters. The van der Waals surface area contributed by atoms with Crippen molar-refractivity contribution in [3.05, 3.63) is 29.3 Å². The van der Waals surface area contributed by atoms with Gasteiger partial charge in [0.15, 0.2) is 6.61 Å². The molecular weight excluding hydrogens is 376 g/mol. The van der Waals surface area contributed by atoms with Crippen LogP contribution in [0.15, 0.2) is 29.2 Å². The quantitative estimate of drug-likeness (QED) is 0.657. The fourth-order valence-corrected chi connectivity index (χ4v) is 2.86. The number of hydrogen-bond acceptors (Lipinski definition) is 7. The molecule has 9 nitrogen and oxygen atoms in total. The lowest BCUT2D eigenvalue weighted by Crippen LogP contribution is -2.41. The molecule has 0 aliphatic heterocycles. The van der Waals surface area contributed by atoms with Gasteiger partial charge in [0.05, 0.1) is 11.5 Å². The van der Waals surface area contributed by atoms with Crippen LogP contribution in [0.2, 0.25) is 5.02 Å². The molecule has 0 bridgehead atoms. The zero-order chi connectivity index (χ0) is 19.0. The van der Waals surface area contributed by atoms with Crippen LogP contribution in [0.4, 0.5) is 4.79 Å². The molecule has 0 saturated heterocycles. The van der Waals surface area contributed by atoms with Gasteiger partial charge in [0.1, 0.15) is 6.04 Å². The van der Waals surface area contributed by atoms with E-state index < -0.39 is 40.6 Å². The summed E-state index contributed by atoms with van der Waals surface area (Å²) < 4.78 is 35.4. The Kier molecular flexibility index (Phi) is 7.81. The molecule has 0 fully saturated rings. The van der Waals surface area contributed by atoms with Crippen molar-refractivity contribution in [2.75, 3.05) is 13.2 Å². The SMILES string of the molecule is CCOC(=O)NC(=O)COC(=O)[C@H](C)NS(=O)(=O)c1ccc(Cl)cc1. The van der Waals surface area contributed by atoms with Gasteiger partial charge < -0.3 is 9.47 Å². The Balaban J connectivity index is 2.55. The van der Waals surface area contributed by atoms with Crippen LogP contribution in [0.1, 0.15) is 13.8 Å². The number of ether oxygens (including phenoxy) is 2. The zero-order valence-corrected chi connectivity index (χ0v) is 15.0. The summed E-state index contributed by atoms with van der Waals surface area (Å²) in [6.45, 7) is 2.12. The van der Waals surface area contributed by atoms with Crippen LogP contribution < -0.4 is 10.0 Å². The number of benzene rings is 1. The second-order valence-corrected chi connectivity index (χ2v) is 6.82. The third-order valence-electron chi connectivity index (χ3n) is 2.67. The summed E-state index contributed by atoms with van der Waals surface area (Å²) in [6, 6.07) is 4.07. The summed E-state index contributed by atoms with van der Waals surface area (Å²) in [4.78, 5) is 34.0. The minimum absolute atomic E-state index is 0.0718. The molecule has 0 radical (unpaired) electrons. The van der Waals surface area contributed by atoms with E-state index in [4.69, 9.17) is 11.6 Å². The predicted octanol–water partition coefficient (Wildman–Crippen LogP) is 0.823. The van der Waals surface area contributed by atoms with E-state index in [1.165, 1.54) is 31.2 Å². The Hall–Kier alpha value is -2.17. The molecule has 1 aromatic rings. The summed E-state index contributed by atoms with van der Waals surface area (Å²) >= 11 is 5.68. The van der Waals surface area contributed by atoms with Crippen molar-refractivity contribution in [1.82, 2.24) is 10.0 Å². The van der Waals surface area contributed by atoms with Crippen LogP contribution in [-0.2, 0) is 29.1 Å². The van der Waals surface area contributed by atoms with Crippen LogP contribution in [-0.4, -0.2) is 45.6 Å². The summed E-state index contributed by atoms with van der Waals surface area (Å²) in [7, 11) is -3.97. The van der Waals surface area contributed by atoms with E-state index in [9.17, 15) is 22.8 Å². The Labute approximate surface area is 149 Å². The number of carbonyl (C=O) groups is 3. The Morgan fingerprint density at radius 2 is 1.76 bits per heavy atom. The first-order valence-electron chi connectivity index (χ1n) is 7.07. The smallest absolute Gasteiger partial charge is 0.413 e. The number of alkyl carbamates (subject to hydrolysis) is 1. The maximum absolute atomic E-state index is 12.1. The summed E-state index contributed by atoms with van der Waals surface area (Å²) in [5, 5.41) is 2.19. The average molecular weight is 393 g/mol. The number of amides is 2. The fourth-order valence-electron chi connectivity index (χ4n) is 1.54. The van der Waals surface area contributed by atoms with Crippen molar-refractivity contribution < 1.29 is 32.3 Å². The molecule has 0 aromatic heterocycles.